The second-order valence-corrected chi connectivity index (χ2v) is 3.81. The molecule has 104 valence electrons. The fourth-order valence-electron chi connectivity index (χ4n) is 1.42. The van der Waals surface area contributed by atoms with Crippen LogP contribution in [0, 0.1) is 0 Å². The van der Waals surface area contributed by atoms with E-state index < -0.39 is 12.0 Å². The average Bonchev–Trinajstić information content (AvgIpc) is 2.96. The molecule has 2 aromatic rings. The molecule has 0 aromatic carbocycles. The fourth-order valence-corrected chi connectivity index (χ4v) is 1.42. The quantitative estimate of drug-likeness (QED) is 0.602. The van der Waals surface area contributed by atoms with Crippen LogP contribution in [0.2, 0.25) is 0 Å². The molecule has 4 N–H and O–H groups in total. The van der Waals surface area contributed by atoms with Crippen LogP contribution in [0.3, 0.4) is 0 Å². The molecule has 0 aliphatic heterocycles. The highest BCUT2D eigenvalue weighted by Gasteiger charge is 2.06. The summed E-state index contributed by atoms with van der Waals surface area (Å²) in [6.07, 6.45) is 2.73. The standard InChI is InChI=1S/C11H12N6O3/c18-10(19)7-1-2-12-8(3-7)4-13-11(20)14-5-9-15-6-16-17-9/h1-3,6H,4-5H2,(H,18,19)(H2,13,14,20)(H,15,16,17). The van der Waals surface area contributed by atoms with Crippen molar-refractivity contribution in [3.63, 3.8) is 0 Å². The Bertz CT molecular complexity index is 598. The molecule has 0 unspecified atom stereocenters. The minimum absolute atomic E-state index is 0.124. The van der Waals surface area contributed by atoms with Gasteiger partial charge in [0.2, 0.25) is 0 Å². The van der Waals surface area contributed by atoms with Crippen LogP contribution in [0.5, 0.6) is 0 Å². The molecule has 2 amide bonds. The number of amides is 2. The first-order valence-corrected chi connectivity index (χ1v) is 5.69. The summed E-state index contributed by atoms with van der Waals surface area (Å²) in [7, 11) is 0. The topological polar surface area (TPSA) is 133 Å². The molecule has 0 saturated heterocycles. The van der Waals surface area contributed by atoms with Gasteiger partial charge in [-0.05, 0) is 12.1 Å². The Morgan fingerprint density at radius 2 is 2.05 bits per heavy atom. The van der Waals surface area contributed by atoms with E-state index in [0.717, 1.165) is 0 Å². The highest BCUT2D eigenvalue weighted by Crippen LogP contribution is 2.01. The summed E-state index contributed by atoms with van der Waals surface area (Å²) < 4.78 is 0. The van der Waals surface area contributed by atoms with Crippen molar-refractivity contribution in [3.05, 3.63) is 41.7 Å². The summed E-state index contributed by atoms with van der Waals surface area (Å²) in [6, 6.07) is 2.37. The SMILES string of the molecule is O=C(NCc1cc(C(=O)O)ccn1)NCc1ncn[nH]1. The molecule has 2 heterocycles. The summed E-state index contributed by atoms with van der Waals surface area (Å²) in [5.41, 5.74) is 0.582. The first kappa shape index (κ1) is 13.5. The highest BCUT2D eigenvalue weighted by atomic mass is 16.4. The minimum atomic E-state index is -1.04. The zero-order chi connectivity index (χ0) is 14.4. The van der Waals surface area contributed by atoms with E-state index in [0.29, 0.717) is 11.5 Å². The summed E-state index contributed by atoms with van der Waals surface area (Å²) >= 11 is 0. The van der Waals surface area contributed by atoms with Crippen LogP contribution in [-0.4, -0.2) is 37.3 Å². The number of pyridine rings is 1. The maximum absolute atomic E-state index is 11.5. The molecule has 0 aliphatic rings. The number of carbonyl (C=O) groups is 2. The maximum Gasteiger partial charge on any atom is 0.335 e. The third-order valence-electron chi connectivity index (χ3n) is 2.37. The molecule has 0 radical (unpaired) electrons. The maximum atomic E-state index is 11.5. The predicted octanol–water partition coefficient (Wildman–Crippen LogP) is -0.103. The molecular weight excluding hydrogens is 264 g/mol. The lowest BCUT2D eigenvalue weighted by Gasteiger charge is -2.06. The number of aromatic amines is 1. The Morgan fingerprint density at radius 1 is 1.25 bits per heavy atom. The molecule has 0 aliphatic carbocycles. The van der Waals surface area contributed by atoms with Crippen LogP contribution in [0.4, 0.5) is 4.79 Å². The van der Waals surface area contributed by atoms with E-state index in [1.165, 1.54) is 24.7 Å². The summed E-state index contributed by atoms with van der Waals surface area (Å²) in [4.78, 5) is 30.1. The number of hydrogen-bond acceptors (Lipinski definition) is 5. The zero-order valence-corrected chi connectivity index (χ0v) is 10.3. The normalized spacial score (nSPS) is 10.0. The Labute approximate surface area is 113 Å². The largest absolute Gasteiger partial charge is 0.478 e. The van der Waals surface area contributed by atoms with Crippen molar-refractivity contribution in [2.24, 2.45) is 0 Å². The number of carbonyl (C=O) groups excluding carboxylic acids is 1. The second kappa shape index (κ2) is 6.27. The molecule has 0 atom stereocenters. The van der Waals surface area contributed by atoms with E-state index in [4.69, 9.17) is 5.11 Å². The Morgan fingerprint density at radius 3 is 2.75 bits per heavy atom. The molecule has 9 nitrogen and oxygen atoms in total. The predicted molar refractivity (Wildman–Crippen MR) is 66.7 cm³/mol. The lowest BCUT2D eigenvalue weighted by Crippen LogP contribution is -2.35. The number of nitrogens with one attached hydrogen (secondary N) is 3. The zero-order valence-electron chi connectivity index (χ0n) is 10.3. The van der Waals surface area contributed by atoms with Gasteiger partial charge in [0.15, 0.2) is 0 Å². The lowest BCUT2D eigenvalue weighted by molar-refractivity contribution is 0.0696. The molecule has 0 fully saturated rings. The molecule has 20 heavy (non-hydrogen) atoms. The van der Waals surface area contributed by atoms with Gasteiger partial charge in [-0.1, -0.05) is 0 Å². The number of carboxylic acid groups (broad SMARTS) is 1. The number of aromatic nitrogens is 4. The molecule has 2 aromatic heterocycles. The Hall–Kier alpha value is -2.97. The number of hydrogen-bond donors (Lipinski definition) is 4. The van der Waals surface area contributed by atoms with E-state index in [-0.39, 0.29) is 18.7 Å². The summed E-state index contributed by atoms with van der Waals surface area (Å²) in [5.74, 6) is -0.505. The number of nitrogens with zero attached hydrogens (tertiary/aromatic N) is 3. The minimum Gasteiger partial charge on any atom is -0.478 e. The number of urea groups is 1. The van der Waals surface area contributed by atoms with E-state index >= 15 is 0 Å². The molecule has 0 saturated carbocycles. The molecule has 9 heteroatoms. The van der Waals surface area contributed by atoms with Crippen molar-refractivity contribution in [1.29, 1.82) is 0 Å². The third-order valence-corrected chi connectivity index (χ3v) is 2.37. The van der Waals surface area contributed by atoms with Gasteiger partial charge in [-0.25, -0.2) is 14.6 Å². The van der Waals surface area contributed by atoms with Gasteiger partial charge in [0.1, 0.15) is 12.2 Å². The molecule has 0 spiro atoms. The van der Waals surface area contributed by atoms with Crippen molar-refractivity contribution >= 4 is 12.0 Å². The molecule has 2 rings (SSSR count). The van der Waals surface area contributed by atoms with E-state index in [1.807, 2.05) is 0 Å². The van der Waals surface area contributed by atoms with E-state index in [2.05, 4.69) is 30.8 Å². The first-order valence-electron chi connectivity index (χ1n) is 5.69. The molecule has 0 bridgehead atoms. The Balaban J connectivity index is 1.81. The van der Waals surface area contributed by atoms with Gasteiger partial charge in [-0.2, -0.15) is 5.10 Å². The Kier molecular flexibility index (Phi) is 4.22. The fraction of sp³-hybridized carbons (Fsp3) is 0.182. The van der Waals surface area contributed by atoms with Gasteiger partial charge in [0.25, 0.3) is 0 Å². The summed E-state index contributed by atoms with van der Waals surface area (Å²) in [5, 5.41) is 20.2. The van der Waals surface area contributed by atoms with Crippen LogP contribution < -0.4 is 10.6 Å². The number of rotatable bonds is 5. The van der Waals surface area contributed by atoms with E-state index in [9.17, 15) is 9.59 Å². The monoisotopic (exact) mass is 276 g/mol. The number of carboxylic acids is 1. The van der Waals surface area contributed by atoms with Crippen molar-refractivity contribution in [2.75, 3.05) is 0 Å². The smallest absolute Gasteiger partial charge is 0.335 e. The lowest BCUT2D eigenvalue weighted by atomic mass is 10.2. The first-order chi connectivity index (χ1) is 9.65. The van der Waals surface area contributed by atoms with Crippen LogP contribution in [0.1, 0.15) is 21.9 Å². The van der Waals surface area contributed by atoms with Gasteiger partial charge >= 0.3 is 12.0 Å². The van der Waals surface area contributed by atoms with Gasteiger partial charge < -0.3 is 15.7 Å². The van der Waals surface area contributed by atoms with E-state index in [1.54, 1.807) is 0 Å². The van der Waals surface area contributed by atoms with Gasteiger partial charge in [-0.3, -0.25) is 10.1 Å². The van der Waals surface area contributed by atoms with Crippen LogP contribution in [0.25, 0.3) is 0 Å². The third kappa shape index (κ3) is 3.77. The van der Waals surface area contributed by atoms with Gasteiger partial charge in [0, 0.05) is 6.20 Å². The van der Waals surface area contributed by atoms with Crippen molar-refractivity contribution in [1.82, 2.24) is 30.8 Å². The van der Waals surface area contributed by atoms with Crippen molar-refractivity contribution in [3.8, 4) is 0 Å². The van der Waals surface area contributed by atoms with Crippen LogP contribution in [0.15, 0.2) is 24.7 Å². The number of aromatic carboxylic acids is 1. The van der Waals surface area contributed by atoms with Crippen molar-refractivity contribution in [2.45, 2.75) is 13.1 Å². The molecular formula is C11H12N6O3. The average molecular weight is 276 g/mol. The van der Waals surface area contributed by atoms with Gasteiger partial charge in [0.05, 0.1) is 24.3 Å². The highest BCUT2D eigenvalue weighted by molar-refractivity contribution is 5.87. The summed E-state index contributed by atoms with van der Waals surface area (Å²) in [6.45, 7) is 0.345. The number of H-pyrrole nitrogens is 1. The van der Waals surface area contributed by atoms with Gasteiger partial charge in [-0.15, -0.1) is 0 Å². The van der Waals surface area contributed by atoms with Crippen LogP contribution >= 0.6 is 0 Å². The van der Waals surface area contributed by atoms with Crippen molar-refractivity contribution < 1.29 is 14.7 Å². The second-order valence-electron chi connectivity index (χ2n) is 3.81. The van der Waals surface area contributed by atoms with Crippen LogP contribution in [-0.2, 0) is 13.1 Å².